The summed E-state index contributed by atoms with van der Waals surface area (Å²) in [5, 5.41) is 0.555. The molecule has 1 amide bonds. The van der Waals surface area contributed by atoms with Gasteiger partial charge in [-0.3, -0.25) is 14.6 Å². The summed E-state index contributed by atoms with van der Waals surface area (Å²) in [5.41, 5.74) is 5.23. The summed E-state index contributed by atoms with van der Waals surface area (Å²) >= 11 is 6.49. The summed E-state index contributed by atoms with van der Waals surface area (Å²) in [7, 11) is 2.16. The van der Waals surface area contributed by atoms with Crippen LogP contribution in [0.3, 0.4) is 0 Å². The lowest BCUT2D eigenvalue weighted by molar-refractivity contribution is 0.0731. The molecule has 2 aliphatic heterocycles. The summed E-state index contributed by atoms with van der Waals surface area (Å²) in [4.78, 5) is 19.2. The predicted molar refractivity (Wildman–Crippen MR) is 110 cm³/mol. The van der Waals surface area contributed by atoms with E-state index >= 15 is 0 Å². The van der Waals surface area contributed by atoms with Crippen molar-refractivity contribution in [3.05, 3.63) is 58.1 Å². The molecule has 2 heterocycles. The largest absolute Gasteiger partial charge is 0.332 e. The first-order chi connectivity index (χ1) is 12.9. The minimum atomic E-state index is 0.0440. The lowest BCUT2D eigenvalue weighted by atomic mass is 9.99. The Hall–Kier alpha value is -1.88. The van der Waals surface area contributed by atoms with Gasteiger partial charge in [-0.1, -0.05) is 35.9 Å². The molecule has 0 aliphatic carbocycles. The monoisotopic (exact) mass is 383 g/mol. The third-order valence-electron chi connectivity index (χ3n) is 5.54. The molecule has 0 radical (unpaired) electrons. The Balaban J connectivity index is 1.55. The zero-order chi connectivity index (χ0) is 19.1. The average molecular weight is 384 g/mol. The van der Waals surface area contributed by atoms with Crippen LogP contribution in [0.4, 0.5) is 0 Å². The molecule has 1 fully saturated rings. The van der Waals surface area contributed by atoms with Crippen LogP contribution < -0.4 is 0 Å². The molecule has 1 saturated heterocycles. The van der Waals surface area contributed by atoms with E-state index in [1.165, 1.54) is 5.56 Å². The highest BCUT2D eigenvalue weighted by Gasteiger charge is 2.31. The lowest BCUT2D eigenvalue weighted by Gasteiger charge is -2.19. The summed E-state index contributed by atoms with van der Waals surface area (Å²) in [5.74, 6) is 0.0440. The van der Waals surface area contributed by atoms with Gasteiger partial charge in [0.25, 0.3) is 5.91 Å². The van der Waals surface area contributed by atoms with Gasteiger partial charge in [-0.25, -0.2) is 0 Å². The summed E-state index contributed by atoms with van der Waals surface area (Å²) in [6.07, 6.45) is 0. The number of nitrogens with zero attached hydrogens (tertiary/aromatic N) is 3. The number of benzene rings is 2. The van der Waals surface area contributed by atoms with Crippen LogP contribution in [0.2, 0.25) is 5.02 Å². The van der Waals surface area contributed by atoms with Gasteiger partial charge in [0.2, 0.25) is 0 Å². The quantitative estimate of drug-likeness (QED) is 0.796. The molecule has 2 aromatic carbocycles. The number of carbonyl (C=O) groups excluding carboxylic acids is 1. The van der Waals surface area contributed by atoms with Crippen LogP contribution in [0.25, 0.3) is 11.1 Å². The molecule has 0 atom stereocenters. The van der Waals surface area contributed by atoms with Crippen LogP contribution in [-0.2, 0) is 13.1 Å². The van der Waals surface area contributed by atoms with E-state index in [0.717, 1.165) is 43.0 Å². The Morgan fingerprint density at radius 3 is 2.44 bits per heavy atom. The number of hydrogen-bond acceptors (Lipinski definition) is 3. The summed E-state index contributed by atoms with van der Waals surface area (Å²) in [6, 6.07) is 12.9. The molecule has 0 bridgehead atoms. The Morgan fingerprint density at radius 1 is 1.07 bits per heavy atom. The van der Waals surface area contributed by atoms with E-state index in [1.54, 1.807) is 0 Å². The van der Waals surface area contributed by atoms with Gasteiger partial charge in [0.1, 0.15) is 0 Å². The molecule has 0 N–H and O–H groups in total. The second-order valence-electron chi connectivity index (χ2n) is 7.99. The van der Waals surface area contributed by atoms with Gasteiger partial charge in [-0.15, -0.1) is 0 Å². The van der Waals surface area contributed by atoms with E-state index in [0.29, 0.717) is 17.1 Å². The molecule has 0 spiro atoms. The minimum absolute atomic E-state index is 0.0440. The van der Waals surface area contributed by atoms with E-state index in [4.69, 9.17) is 11.6 Å². The maximum Gasteiger partial charge on any atom is 0.256 e. The van der Waals surface area contributed by atoms with Gasteiger partial charge in [-0.2, -0.15) is 0 Å². The topological polar surface area (TPSA) is 26.8 Å². The molecule has 5 heteroatoms. The van der Waals surface area contributed by atoms with Crippen LogP contribution in [0, 0.1) is 0 Å². The number of halogens is 1. The van der Waals surface area contributed by atoms with Crippen molar-refractivity contribution in [2.45, 2.75) is 33.0 Å². The number of likely N-dealkylation sites (N-methyl/N-ethyl adjacent to an activating group) is 1. The van der Waals surface area contributed by atoms with Crippen LogP contribution in [0.5, 0.6) is 0 Å². The highest BCUT2D eigenvalue weighted by atomic mass is 35.5. The maximum atomic E-state index is 12.6. The van der Waals surface area contributed by atoms with Crippen molar-refractivity contribution < 1.29 is 4.79 Å². The number of fused-ring (bicyclic) bond motifs is 1. The van der Waals surface area contributed by atoms with E-state index < -0.39 is 0 Å². The first-order valence-corrected chi connectivity index (χ1v) is 9.94. The smallest absolute Gasteiger partial charge is 0.256 e. The van der Waals surface area contributed by atoms with Gasteiger partial charge < -0.3 is 4.90 Å². The number of carbonyl (C=O) groups is 1. The van der Waals surface area contributed by atoms with Crippen molar-refractivity contribution >= 4 is 17.5 Å². The van der Waals surface area contributed by atoms with Crippen molar-refractivity contribution in [3.8, 4) is 11.1 Å². The van der Waals surface area contributed by atoms with E-state index in [9.17, 15) is 4.79 Å². The second-order valence-corrected chi connectivity index (χ2v) is 8.40. The highest BCUT2D eigenvalue weighted by molar-refractivity contribution is 6.34. The first kappa shape index (κ1) is 18.5. The third-order valence-corrected chi connectivity index (χ3v) is 5.84. The Bertz CT molecular complexity index is 863. The summed E-state index contributed by atoms with van der Waals surface area (Å²) in [6.45, 7) is 8.98. The molecular weight excluding hydrogens is 358 g/mol. The highest BCUT2D eigenvalue weighted by Crippen LogP contribution is 2.35. The molecule has 2 aromatic rings. The summed E-state index contributed by atoms with van der Waals surface area (Å²) < 4.78 is 0. The molecule has 4 nitrogen and oxygen atoms in total. The van der Waals surface area contributed by atoms with Gasteiger partial charge in [0, 0.05) is 32.2 Å². The van der Waals surface area contributed by atoms with Crippen LogP contribution in [0.15, 0.2) is 36.4 Å². The SMILES string of the molecule is CC(C)N1Cc2cc(-c3ccc(CN4CCN(C)C4)cc3)cc(Cl)c2C1=O. The van der Waals surface area contributed by atoms with Crippen LogP contribution >= 0.6 is 11.6 Å². The molecule has 142 valence electrons. The van der Waals surface area contributed by atoms with Crippen LogP contribution in [-0.4, -0.2) is 53.5 Å². The fourth-order valence-corrected chi connectivity index (χ4v) is 4.32. The molecule has 2 aliphatic rings. The van der Waals surface area contributed by atoms with Gasteiger partial charge in [0.05, 0.1) is 17.3 Å². The Morgan fingerprint density at radius 2 is 1.81 bits per heavy atom. The first-order valence-electron chi connectivity index (χ1n) is 9.56. The van der Waals surface area contributed by atoms with Gasteiger partial charge in [-0.05, 0) is 55.3 Å². The minimum Gasteiger partial charge on any atom is -0.332 e. The maximum absolute atomic E-state index is 12.6. The zero-order valence-corrected chi connectivity index (χ0v) is 17.0. The normalized spacial score (nSPS) is 18.0. The molecule has 0 unspecified atom stereocenters. The molecule has 27 heavy (non-hydrogen) atoms. The number of rotatable bonds is 4. The molecule has 0 aromatic heterocycles. The average Bonchev–Trinajstić information content (AvgIpc) is 3.19. The van der Waals surface area contributed by atoms with Gasteiger partial charge >= 0.3 is 0 Å². The van der Waals surface area contributed by atoms with Crippen molar-refractivity contribution in [2.75, 3.05) is 26.8 Å². The Labute approximate surface area is 166 Å². The van der Waals surface area contributed by atoms with Crippen molar-refractivity contribution in [1.29, 1.82) is 0 Å². The van der Waals surface area contributed by atoms with E-state index in [-0.39, 0.29) is 11.9 Å². The van der Waals surface area contributed by atoms with Gasteiger partial charge in [0.15, 0.2) is 0 Å². The van der Waals surface area contributed by atoms with Crippen molar-refractivity contribution in [2.24, 2.45) is 0 Å². The molecule has 4 rings (SSSR count). The van der Waals surface area contributed by atoms with Crippen molar-refractivity contribution in [1.82, 2.24) is 14.7 Å². The second kappa shape index (κ2) is 7.27. The third kappa shape index (κ3) is 3.62. The molecule has 0 saturated carbocycles. The van der Waals surface area contributed by atoms with E-state index in [1.807, 2.05) is 24.8 Å². The fraction of sp³-hybridized carbons (Fsp3) is 0.409. The Kier molecular flexibility index (Phi) is 4.97. The fourth-order valence-electron chi connectivity index (χ4n) is 4.00. The van der Waals surface area contributed by atoms with Crippen LogP contribution in [0.1, 0.15) is 35.3 Å². The number of hydrogen-bond donors (Lipinski definition) is 0. The lowest BCUT2D eigenvalue weighted by Crippen LogP contribution is -2.30. The predicted octanol–water partition coefficient (Wildman–Crippen LogP) is 4.08. The number of amides is 1. The van der Waals surface area contributed by atoms with Crippen molar-refractivity contribution in [3.63, 3.8) is 0 Å². The van der Waals surface area contributed by atoms with E-state index in [2.05, 4.69) is 47.2 Å². The standard InChI is InChI=1S/C22H26ClN3O/c1-15(2)26-13-19-10-18(11-20(23)21(19)22(26)27)17-6-4-16(5-7-17)12-25-9-8-24(3)14-25/h4-7,10-11,15H,8-9,12-14H2,1-3H3. The zero-order valence-electron chi connectivity index (χ0n) is 16.2. The molecular formula is C22H26ClN3O.